The first-order valence-corrected chi connectivity index (χ1v) is 6.90. The molecule has 0 radical (unpaired) electrons. The summed E-state index contributed by atoms with van der Waals surface area (Å²) < 4.78 is 0. The molecular weight excluding hydrogens is 256 g/mol. The van der Waals surface area contributed by atoms with E-state index in [1.165, 1.54) is 12.6 Å². The molecule has 0 spiro atoms. The number of hydrogen-bond donors (Lipinski definition) is 2. The van der Waals surface area contributed by atoms with Crippen LogP contribution in [0.25, 0.3) is 0 Å². The van der Waals surface area contributed by atoms with Gasteiger partial charge in [-0.05, 0) is 26.0 Å². The fourth-order valence-electron chi connectivity index (χ4n) is 2.68. The lowest BCUT2D eigenvalue weighted by Crippen LogP contribution is -2.56. The summed E-state index contributed by atoms with van der Waals surface area (Å²) in [5, 5.41) is 18.8. The lowest BCUT2D eigenvalue weighted by Gasteiger charge is -2.42. The van der Waals surface area contributed by atoms with Crippen molar-refractivity contribution in [2.45, 2.75) is 25.5 Å². The molecule has 1 fully saturated rings. The van der Waals surface area contributed by atoms with Crippen molar-refractivity contribution in [3.8, 4) is 0 Å². The monoisotopic (exact) mass is 278 g/mol. The van der Waals surface area contributed by atoms with Crippen LogP contribution in [0.2, 0.25) is 0 Å². The molecule has 110 valence electrons. The van der Waals surface area contributed by atoms with Crippen LogP contribution in [0, 0.1) is 0 Å². The number of piperazine rings is 1. The molecule has 0 bridgehead atoms. The first kappa shape index (κ1) is 14.8. The van der Waals surface area contributed by atoms with Crippen LogP contribution in [0.3, 0.4) is 0 Å². The van der Waals surface area contributed by atoms with E-state index in [0.29, 0.717) is 0 Å². The third-order valence-corrected chi connectivity index (χ3v) is 3.79. The number of carboxylic acids is 1. The van der Waals surface area contributed by atoms with Gasteiger partial charge >= 0.3 is 5.97 Å². The van der Waals surface area contributed by atoms with Crippen molar-refractivity contribution in [3.05, 3.63) is 30.3 Å². The van der Waals surface area contributed by atoms with Crippen LogP contribution in [0.5, 0.6) is 0 Å². The van der Waals surface area contributed by atoms with Crippen molar-refractivity contribution in [2.24, 2.45) is 0 Å². The van der Waals surface area contributed by atoms with Gasteiger partial charge in [0.1, 0.15) is 0 Å². The standard InChI is InChI=1S/C15H22N2O3/c1-12-10-16(11-15(2,20)14(18)19)8-9-17(12)13-6-4-3-5-7-13/h3-7,12,20H,8-11H2,1-2H3,(H,18,19). The molecule has 2 unspecified atom stereocenters. The minimum absolute atomic E-state index is 0.162. The third-order valence-electron chi connectivity index (χ3n) is 3.79. The Morgan fingerprint density at radius 1 is 1.35 bits per heavy atom. The highest BCUT2D eigenvalue weighted by atomic mass is 16.4. The molecule has 2 atom stereocenters. The van der Waals surface area contributed by atoms with Gasteiger partial charge in [0.15, 0.2) is 5.60 Å². The van der Waals surface area contributed by atoms with Crippen LogP contribution in [-0.2, 0) is 4.79 Å². The van der Waals surface area contributed by atoms with E-state index in [9.17, 15) is 9.90 Å². The molecule has 1 aliphatic rings. The van der Waals surface area contributed by atoms with E-state index < -0.39 is 11.6 Å². The van der Waals surface area contributed by atoms with Crippen molar-refractivity contribution in [1.82, 2.24) is 4.90 Å². The average Bonchev–Trinajstić information content (AvgIpc) is 2.39. The van der Waals surface area contributed by atoms with Crippen molar-refractivity contribution >= 4 is 11.7 Å². The molecule has 1 aromatic rings. The molecule has 1 aromatic carbocycles. The molecular formula is C15H22N2O3. The summed E-state index contributed by atoms with van der Waals surface area (Å²) in [4.78, 5) is 15.3. The van der Waals surface area contributed by atoms with E-state index in [1.54, 1.807) is 0 Å². The number of hydrogen-bond acceptors (Lipinski definition) is 4. The molecule has 0 aromatic heterocycles. The number of aliphatic hydroxyl groups is 1. The van der Waals surface area contributed by atoms with Gasteiger partial charge in [-0.3, -0.25) is 4.90 Å². The molecule has 2 N–H and O–H groups in total. The first-order chi connectivity index (χ1) is 9.40. The Labute approximate surface area is 119 Å². The minimum Gasteiger partial charge on any atom is -0.479 e. The van der Waals surface area contributed by atoms with E-state index in [2.05, 4.69) is 24.0 Å². The number of nitrogens with zero attached hydrogens (tertiary/aromatic N) is 2. The second kappa shape index (κ2) is 5.81. The summed E-state index contributed by atoms with van der Waals surface area (Å²) in [5.74, 6) is -1.17. The minimum atomic E-state index is -1.69. The maximum Gasteiger partial charge on any atom is 0.336 e. The Morgan fingerprint density at radius 3 is 2.55 bits per heavy atom. The van der Waals surface area contributed by atoms with Gasteiger partial charge in [-0.1, -0.05) is 18.2 Å². The van der Waals surface area contributed by atoms with Crippen molar-refractivity contribution in [2.75, 3.05) is 31.1 Å². The number of anilines is 1. The Kier molecular flexibility index (Phi) is 4.30. The molecule has 0 saturated carbocycles. The number of carbonyl (C=O) groups is 1. The van der Waals surface area contributed by atoms with Gasteiger partial charge in [-0.2, -0.15) is 0 Å². The second-order valence-corrected chi connectivity index (χ2v) is 5.69. The molecule has 0 aliphatic carbocycles. The highest BCUT2D eigenvalue weighted by molar-refractivity contribution is 5.76. The zero-order valence-corrected chi connectivity index (χ0v) is 12.0. The van der Waals surface area contributed by atoms with E-state index >= 15 is 0 Å². The van der Waals surface area contributed by atoms with Gasteiger partial charge in [-0.15, -0.1) is 0 Å². The van der Waals surface area contributed by atoms with Crippen LogP contribution in [0.1, 0.15) is 13.8 Å². The summed E-state index contributed by atoms with van der Waals surface area (Å²) >= 11 is 0. The Bertz CT molecular complexity index is 461. The SMILES string of the molecule is CC1CN(CC(C)(O)C(=O)O)CCN1c1ccccc1. The molecule has 2 rings (SSSR count). The fourth-order valence-corrected chi connectivity index (χ4v) is 2.68. The number of para-hydroxylation sites is 1. The molecule has 20 heavy (non-hydrogen) atoms. The Balaban J connectivity index is 1.98. The Hall–Kier alpha value is -1.59. The number of rotatable bonds is 4. The molecule has 5 nitrogen and oxygen atoms in total. The number of carboxylic acid groups (broad SMARTS) is 1. The van der Waals surface area contributed by atoms with Gasteiger partial charge in [0.2, 0.25) is 0 Å². The number of benzene rings is 1. The van der Waals surface area contributed by atoms with Gasteiger partial charge in [0, 0.05) is 37.9 Å². The predicted octanol–water partition coefficient (Wildman–Crippen LogP) is 1.03. The highest BCUT2D eigenvalue weighted by Gasteiger charge is 2.34. The van der Waals surface area contributed by atoms with E-state index in [0.717, 1.165) is 19.6 Å². The van der Waals surface area contributed by atoms with Crippen molar-refractivity contribution < 1.29 is 15.0 Å². The van der Waals surface area contributed by atoms with E-state index in [-0.39, 0.29) is 12.6 Å². The third kappa shape index (κ3) is 3.29. The van der Waals surface area contributed by atoms with Crippen molar-refractivity contribution in [3.63, 3.8) is 0 Å². The molecule has 1 heterocycles. The highest BCUT2D eigenvalue weighted by Crippen LogP contribution is 2.21. The van der Waals surface area contributed by atoms with Gasteiger partial charge in [-0.25, -0.2) is 4.79 Å². The van der Waals surface area contributed by atoms with Crippen LogP contribution < -0.4 is 4.90 Å². The van der Waals surface area contributed by atoms with Crippen molar-refractivity contribution in [1.29, 1.82) is 0 Å². The average molecular weight is 278 g/mol. The maximum atomic E-state index is 11.0. The summed E-state index contributed by atoms with van der Waals surface area (Å²) in [6.07, 6.45) is 0. The smallest absolute Gasteiger partial charge is 0.336 e. The predicted molar refractivity (Wildman–Crippen MR) is 77.9 cm³/mol. The first-order valence-electron chi connectivity index (χ1n) is 6.90. The van der Waals surface area contributed by atoms with Crippen LogP contribution >= 0.6 is 0 Å². The van der Waals surface area contributed by atoms with Gasteiger partial charge in [0.25, 0.3) is 0 Å². The lowest BCUT2D eigenvalue weighted by molar-refractivity contribution is -0.158. The molecule has 5 heteroatoms. The summed E-state index contributed by atoms with van der Waals surface area (Å²) in [6, 6.07) is 10.5. The van der Waals surface area contributed by atoms with Crippen LogP contribution in [-0.4, -0.2) is 58.9 Å². The van der Waals surface area contributed by atoms with Crippen LogP contribution in [0.15, 0.2) is 30.3 Å². The topological polar surface area (TPSA) is 64.0 Å². The summed E-state index contributed by atoms with van der Waals surface area (Å²) in [5.41, 5.74) is -0.501. The summed E-state index contributed by atoms with van der Waals surface area (Å²) in [6.45, 7) is 5.97. The van der Waals surface area contributed by atoms with Gasteiger partial charge in [0.05, 0.1) is 0 Å². The zero-order valence-electron chi connectivity index (χ0n) is 12.0. The van der Waals surface area contributed by atoms with E-state index in [1.807, 2.05) is 23.1 Å². The molecule has 1 aliphatic heterocycles. The Morgan fingerprint density at radius 2 is 2.00 bits per heavy atom. The largest absolute Gasteiger partial charge is 0.479 e. The molecule has 1 saturated heterocycles. The zero-order chi connectivity index (χ0) is 14.8. The maximum absolute atomic E-state index is 11.0. The second-order valence-electron chi connectivity index (χ2n) is 5.69. The normalized spacial score (nSPS) is 23.4. The van der Waals surface area contributed by atoms with E-state index in [4.69, 9.17) is 5.11 Å². The lowest BCUT2D eigenvalue weighted by atomic mass is 10.0. The quantitative estimate of drug-likeness (QED) is 0.861. The molecule has 0 amide bonds. The number of aliphatic carboxylic acids is 1. The number of β-amino-alcohol motifs (C(OH)–C–C–N with tert-alkyl or cyclic N) is 1. The van der Waals surface area contributed by atoms with Crippen LogP contribution in [0.4, 0.5) is 5.69 Å². The van der Waals surface area contributed by atoms with Gasteiger partial charge < -0.3 is 15.1 Å². The summed E-state index contributed by atoms with van der Waals surface area (Å²) in [7, 11) is 0. The fraction of sp³-hybridized carbons (Fsp3) is 0.533.